The molecule has 1 heterocycles. The summed E-state index contributed by atoms with van der Waals surface area (Å²) in [6.45, 7) is 19.3. The molecule has 2 aromatic rings. The Balaban J connectivity index is 0.000000880. The summed E-state index contributed by atoms with van der Waals surface area (Å²) in [7, 11) is 0. The maximum absolute atomic E-state index is 12.2. The summed E-state index contributed by atoms with van der Waals surface area (Å²) in [6.07, 6.45) is 23.8. The van der Waals surface area contributed by atoms with E-state index in [1.165, 1.54) is 122 Å². The number of unbranched alkanes of at least 4 members (excludes halogenated alkanes) is 10. The van der Waals surface area contributed by atoms with Crippen LogP contribution in [-0.4, -0.2) is 17.9 Å². The predicted molar refractivity (Wildman–Crippen MR) is 216 cm³/mol. The van der Waals surface area contributed by atoms with E-state index < -0.39 is 0 Å². The third kappa shape index (κ3) is 16.7. The fourth-order valence-electron chi connectivity index (χ4n) is 6.87. The van der Waals surface area contributed by atoms with Gasteiger partial charge in [-0.2, -0.15) is 0 Å². The standard InChI is InChI=1S/C40H60N2.2C3H7O.Ni/c1-7-11-15-16-17-20-24-38-37(23-14-10-4)39(35-27-31(5)25-33(29-35)21-18-12-8-2)42(41)40(38)36-28-32(6)26-34(30-36)22-19-13-9-3;2*1-2-3-4;/h25-30H,7-24H2,1-6H3;2*2-3H2,1H3;/q;2*-1;+2. The van der Waals surface area contributed by atoms with Gasteiger partial charge in [0.25, 0.3) is 0 Å². The first-order valence-electron chi connectivity index (χ1n) is 20.9. The van der Waals surface area contributed by atoms with E-state index in [0.29, 0.717) is 0 Å². The van der Waals surface area contributed by atoms with Crippen LogP contribution in [0, 0.1) is 13.8 Å². The zero-order chi connectivity index (χ0) is 37.3. The molecule has 0 amide bonds. The molecule has 0 aliphatic carbocycles. The minimum atomic E-state index is 0.781. The van der Waals surface area contributed by atoms with Gasteiger partial charge in [-0.3, -0.25) is 0 Å². The van der Waals surface area contributed by atoms with Crippen LogP contribution >= 0.6 is 0 Å². The molecule has 51 heavy (non-hydrogen) atoms. The summed E-state index contributed by atoms with van der Waals surface area (Å²) in [5, 5.41) is 0. The Kier molecular flexibility index (Phi) is 24.3. The number of hydrogen-bond donors (Lipinski definition) is 0. The summed E-state index contributed by atoms with van der Waals surface area (Å²) in [5.74, 6) is 0. The quantitative estimate of drug-likeness (QED) is 0.0547. The summed E-state index contributed by atoms with van der Waals surface area (Å²) in [6, 6.07) is 14.0. The van der Waals surface area contributed by atoms with Crippen molar-refractivity contribution in [2.45, 2.75) is 184 Å². The van der Waals surface area contributed by atoms with Gasteiger partial charge in [-0.05, 0) is 101 Å². The van der Waals surface area contributed by atoms with Crippen LogP contribution in [0.15, 0.2) is 47.5 Å². The Labute approximate surface area is 321 Å². The van der Waals surface area contributed by atoms with Crippen LogP contribution in [0.1, 0.15) is 190 Å². The second-order valence-electron chi connectivity index (χ2n) is 14.6. The van der Waals surface area contributed by atoms with Crippen LogP contribution < -0.4 is 0 Å². The molecule has 0 N–H and O–H groups in total. The second kappa shape index (κ2) is 27.5. The molecule has 0 aromatic heterocycles. The van der Waals surface area contributed by atoms with Crippen molar-refractivity contribution in [3.05, 3.63) is 86.5 Å². The van der Waals surface area contributed by atoms with Gasteiger partial charge < -0.3 is 5.53 Å². The van der Waals surface area contributed by atoms with Crippen molar-refractivity contribution >= 4 is 11.4 Å². The molecular formula is C46H74N2NiO2. The maximum atomic E-state index is 12.2. The van der Waals surface area contributed by atoms with Crippen molar-refractivity contribution in [3.63, 3.8) is 0 Å². The average Bonchev–Trinajstić information content (AvgIpc) is 3.39. The van der Waals surface area contributed by atoms with Crippen LogP contribution in [0.4, 0.5) is 0 Å². The fourth-order valence-corrected chi connectivity index (χ4v) is 7.52. The molecule has 0 unspecified atom stereocenters. The molecule has 0 fully saturated rings. The predicted octanol–water partition coefficient (Wildman–Crippen LogP) is 14.6. The Morgan fingerprint density at radius 1 is 0.471 bits per heavy atom. The summed E-state index contributed by atoms with van der Waals surface area (Å²) in [5.41, 5.74) is 24.8. The van der Waals surface area contributed by atoms with Gasteiger partial charge in [0, 0.05) is 22.3 Å². The van der Waals surface area contributed by atoms with E-state index in [9.17, 15) is 5.53 Å². The number of rotatable bonds is 26. The van der Waals surface area contributed by atoms with Crippen molar-refractivity contribution in [3.8, 4) is 0 Å². The van der Waals surface area contributed by atoms with E-state index >= 15 is 0 Å². The van der Waals surface area contributed by atoms with Gasteiger partial charge in [0.2, 0.25) is 11.4 Å². The van der Waals surface area contributed by atoms with Gasteiger partial charge >= 0.3 is 62.7 Å². The van der Waals surface area contributed by atoms with Gasteiger partial charge in [-0.25, -0.2) is 4.70 Å². The van der Waals surface area contributed by atoms with E-state index in [1.54, 1.807) is 4.70 Å². The topological polar surface area (TPSA) is 43.8 Å². The molecule has 2 aromatic carbocycles. The SMILES string of the molecule is CCCCCCCCC1=C(c2cc(C)cc(CCCCC)c2)[N+](=[N-])C(c2cc(C)cc(CCCCC)c2)=C1CCCC.CCC[O][Ni][O]CCC. The van der Waals surface area contributed by atoms with E-state index in [0.717, 1.165) is 91.1 Å². The van der Waals surface area contributed by atoms with E-state index in [-0.39, 0.29) is 0 Å². The molecule has 5 heteroatoms. The van der Waals surface area contributed by atoms with Crippen LogP contribution in [0.5, 0.6) is 0 Å². The first-order chi connectivity index (χ1) is 24.8. The van der Waals surface area contributed by atoms with Crippen LogP contribution in [-0.2, 0) is 35.7 Å². The molecule has 0 saturated heterocycles. The monoisotopic (exact) mass is 745 g/mol. The molecule has 0 saturated carbocycles. The normalized spacial score (nSPS) is 13.1. The van der Waals surface area contributed by atoms with Crippen molar-refractivity contribution in [2.24, 2.45) is 0 Å². The molecule has 3 rings (SSSR count). The zero-order valence-corrected chi connectivity index (χ0v) is 35.0. The first-order valence-corrected chi connectivity index (χ1v) is 21.7. The third-order valence-corrected chi connectivity index (χ3v) is 10.1. The molecule has 1 aliphatic rings. The van der Waals surface area contributed by atoms with Crippen LogP contribution in [0.2, 0.25) is 0 Å². The number of nitrogens with zero attached hydrogens (tertiary/aromatic N) is 2. The van der Waals surface area contributed by atoms with Crippen molar-refractivity contribution in [1.29, 1.82) is 0 Å². The van der Waals surface area contributed by atoms with Gasteiger partial charge in [0.05, 0.1) is 0 Å². The van der Waals surface area contributed by atoms with E-state index in [2.05, 4.69) is 91.8 Å². The zero-order valence-electron chi connectivity index (χ0n) is 34.0. The Hall–Kier alpha value is -2.07. The van der Waals surface area contributed by atoms with Crippen LogP contribution in [0.3, 0.4) is 0 Å². The van der Waals surface area contributed by atoms with Gasteiger partial charge in [0.1, 0.15) is 0 Å². The third-order valence-electron chi connectivity index (χ3n) is 9.49. The molecular weight excluding hydrogens is 671 g/mol. The number of benzene rings is 2. The molecule has 0 atom stereocenters. The molecule has 0 spiro atoms. The van der Waals surface area contributed by atoms with Crippen LogP contribution in [0.25, 0.3) is 16.9 Å². The van der Waals surface area contributed by atoms with Gasteiger partial charge in [0.15, 0.2) is 0 Å². The summed E-state index contributed by atoms with van der Waals surface area (Å²) in [4.78, 5) is 0. The molecule has 290 valence electrons. The van der Waals surface area contributed by atoms with Crippen molar-refractivity contribution in [1.82, 2.24) is 0 Å². The molecule has 0 radical (unpaired) electrons. The number of allylic oxidation sites excluding steroid dienone is 2. The van der Waals surface area contributed by atoms with Crippen molar-refractivity contribution in [2.75, 3.05) is 13.2 Å². The Morgan fingerprint density at radius 2 is 0.863 bits per heavy atom. The Morgan fingerprint density at radius 3 is 1.31 bits per heavy atom. The van der Waals surface area contributed by atoms with Gasteiger partial charge in [-0.15, -0.1) is 0 Å². The first kappa shape index (κ1) is 45.1. The molecule has 4 nitrogen and oxygen atoms in total. The Bertz CT molecular complexity index is 1340. The van der Waals surface area contributed by atoms with Crippen molar-refractivity contribution < 1.29 is 27.5 Å². The average molecular weight is 746 g/mol. The van der Waals surface area contributed by atoms with Gasteiger partial charge in [-0.1, -0.05) is 115 Å². The van der Waals surface area contributed by atoms with E-state index in [1.807, 2.05) is 0 Å². The van der Waals surface area contributed by atoms with E-state index in [4.69, 9.17) is 7.76 Å². The summed E-state index contributed by atoms with van der Waals surface area (Å²) < 4.78 is 11.6. The number of aryl methyl sites for hydroxylation is 4. The fraction of sp³-hybridized carbons (Fsp3) is 0.652. The number of hydrogen-bond acceptors (Lipinski definition) is 2. The molecule has 1 aliphatic heterocycles. The second-order valence-corrected chi connectivity index (χ2v) is 15.3. The molecule has 0 bridgehead atoms. The minimum absolute atomic E-state index is 0.781. The summed E-state index contributed by atoms with van der Waals surface area (Å²) >= 11 is 0.942.